The van der Waals surface area contributed by atoms with Gasteiger partial charge in [0.05, 0.1) is 22.1 Å². The van der Waals surface area contributed by atoms with Crippen LogP contribution in [0.5, 0.6) is 0 Å². The van der Waals surface area contributed by atoms with Crippen molar-refractivity contribution < 1.29 is 4.92 Å². The molecule has 2 aromatic heterocycles. The third-order valence-corrected chi connectivity index (χ3v) is 3.60. The van der Waals surface area contributed by atoms with E-state index in [-0.39, 0.29) is 5.00 Å². The van der Waals surface area contributed by atoms with Gasteiger partial charge in [0.15, 0.2) is 0 Å². The average Bonchev–Trinajstić information content (AvgIpc) is 2.81. The summed E-state index contributed by atoms with van der Waals surface area (Å²) in [7, 11) is 0. The molecular formula is C8H7BrN4O2S. The predicted molar refractivity (Wildman–Crippen MR) is 64.4 cm³/mol. The number of nitro groups is 1. The van der Waals surface area contributed by atoms with Crippen molar-refractivity contribution in [1.29, 1.82) is 0 Å². The number of nitrogens with two attached hydrogens (primary N) is 1. The summed E-state index contributed by atoms with van der Waals surface area (Å²) in [5.74, 6) is 0.510. The summed E-state index contributed by atoms with van der Waals surface area (Å²) >= 11 is 4.37. The predicted octanol–water partition coefficient (Wildman–Crippen LogP) is 2.25. The highest BCUT2D eigenvalue weighted by atomic mass is 79.9. The maximum absolute atomic E-state index is 10.5. The van der Waals surface area contributed by atoms with Crippen LogP contribution in [0.3, 0.4) is 0 Å². The first-order chi connectivity index (χ1) is 7.58. The number of rotatable bonds is 3. The lowest BCUT2D eigenvalue weighted by molar-refractivity contribution is -0.380. The van der Waals surface area contributed by atoms with Crippen LogP contribution in [0.4, 0.5) is 10.8 Å². The van der Waals surface area contributed by atoms with Gasteiger partial charge in [-0.3, -0.25) is 10.1 Å². The van der Waals surface area contributed by atoms with Crippen LogP contribution in [-0.2, 0) is 6.54 Å². The van der Waals surface area contributed by atoms with Gasteiger partial charge in [-0.2, -0.15) is 5.10 Å². The van der Waals surface area contributed by atoms with E-state index in [0.717, 1.165) is 20.7 Å². The molecule has 84 valence electrons. The van der Waals surface area contributed by atoms with E-state index < -0.39 is 4.92 Å². The van der Waals surface area contributed by atoms with Crippen LogP contribution < -0.4 is 5.73 Å². The Labute approximate surface area is 103 Å². The fraction of sp³-hybridized carbons (Fsp3) is 0.125. The van der Waals surface area contributed by atoms with Crippen LogP contribution in [0.25, 0.3) is 0 Å². The normalized spacial score (nSPS) is 10.6. The maximum atomic E-state index is 10.5. The molecule has 0 aliphatic carbocycles. The van der Waals surface area contributed by atoms with Gasteiger partial charge < -0.3 is 5.73 Å². The molecule has 0 amide bonds. The van der Waals surface area contributed by atoms with E-state index in [2.05, 4.69) is 21.0 Å². The minimum atomic E-state index is -0.406. The summed E-state index contributed by atoms with van der Waals surface area (Å²) in [6.45, 7) is 0.440. The smallest absolute Gasteiger partial charge is 0.324 e. The lowest BCUT2D eigenvalue weighted by Crippen LogP contribution is -2.04. The van der Waals surface area contributed by atoms with Crippen molar-refractivity contribution in [3.8, 4) is 0 Å². The highest BCUT2D eigenvalue weighted by molar-refractivity contribution is 9.10. The Balaban J connectivity index is 2.21. The fourth-order valence-corrected chi connectivity index (χ4v) is 2.29. The zero-order valence-electron chi connectivity index (χ0n) is 7.96. The second-order valence-corrected chi connectivity index (χ2v) is 5.03. The minimum Gasteiger partial charge on any atom is -0.383 e. The van der Waals surface area contributed by atoms with E-state index in [4.69, 9.17) is 5.73 Å². The standard InChI is InChI=1S/C8H7BrN4O2S/c9-6-3-11-12(8(6)10)4-5-1-2-7(16-5)13(14)15/h1-3H,4,10H2. The molecule has 0 saturated carbocycles. The third kappa shape index (κ3) is 2.07. The summed E-state index contributed by atoms with van der Waals surface area (Å²) in [4.78, 5) is 10.9. The molecule has 0 spiro atoms. The Bertz CT molecular complexity index is 536. The Morgan fingerprint density at radius 2 is 2.38 bits per heavy atom. The average molecular weight is 303 g/mol. The molecule has 16 heavy (non-hydrogen) atoms. The van der Waals surface area contributed by atoms with Crippen molar-refractivity contribution >= 4 is 38.1 Å². The van der Waals surface area contributed by atoms with Crippen LogP contribution in [0.1, 0.15) is 4.88 Å². The van der Waals surface area contributed by atoms with Gasteiger partial charge in [-0.05, 0) is 22.0 Å². The first kappa shape index (κ1) is 11.1. The van der Waals surface area contributed by atoms with Crippen LogP contribution in [0.2, 0.25) is 0 Å². The molecule has 0 bridgehead atoms. The fourth-order valence-electron chi connectivity index (χ4n) is 1.20. The van der Waals surface area contributed by atoms with Crippen molar-refractivity contribution in [2.45, 2.75) is 6.54 Å². The summed E-state index contributed by atoms with van der Waals surface area (Å²) in [5.41, 5.74) is 5.74. The van der Waals surface area contributed by atoms with Crippen LogP contribution in [0, 0.1) is 10.1 Å². The third-order valence-electron chi connectivity index (χ3n) is 1.97. The number of anilines is 1. The number of halogens is 1. The molecule has 0 aliphatic rings. The van der Waals surface area contributed by atoms with E-state index in [9.17, 15) is 10.1 Å². The van der Waals surface area contributed by atoms with E-state index in [0.29, 0.717) is 12.4 Å². The van der Waals surface area contributed by atoms with Gasteiger partial charge in [0.1, 0.15) is 5.82 Å². The van der Waals surface area contributed by atoms with Crippen molar-refractivity contribution in [2.75, 3.05) is 5.73 Å². The highest BCUT2D eigenvalue weighted by Gasteiger charge is 2.11. The molecule has 0 fully saturated rings. The molecule has 2 aromatic rings. The summed E-state index contributed by atoms with van der Waals surface area (Å²) in [6, 6.07) is 3.19. The molecule has 6 nitrogen and oxygen atoms in total. The largest absolute Gasteiger partial charge is 0.383 e. The number of hydrogen-bond acceptors (Lipinski definition) is 5. The van der Waals surface area contributed by atoms with Gasteiger partial charge in [0, 0.05) is 10.9 Å². The number of aromatic nitrogens is 2. The maximum Gasteiger partial charge on any atom is 0.324 e. The van der Waals surface area contributed by atoms with Crippen LogP contribution in [-0.4, -0.2) is 14.7 Å². The molecule has 2 rings (SSSR count). The molecule has 0 unspecified atom stereocenters. The second kappa shape index (κ2) is 4.22. The van der Waals surface area contributed by atoms with Gasteiger partial charge in [-0.1, -0.05) is 11.3 Å². The van der Waals surface area contributed by atoms with Gasteiger partial charge in [-0.15, -0.1) is 0 Å². The number of nitrogen functional groups attached to an aromatic ring is 1. The van der Waals surface area contributed by atoms with Gasteiger partial charge in [0.25, 0.3) is 0 Å². The zero-order valence-corrected chi connectivity index (χ0v) is 10.4. The van der Waals surface area contributed by atoms with Crippen LogP contribution >= 0.6 is 27.3 Å². The van der Waals surface area contributed by atoms with Gasteiger partial charge in [-0.25, -0.2) is 4.68 Å². The summed E-state index contributed by atoms with van der Waals surface area (Å²) in [6.07, 6.45) is 1.59. The van der Waals surface area contributed by atoms with Crippen LogP contribution in [0.15, 0.2) is 22.8 Å². The molecule has 0 aromatic carbocycles. The quantitative estimate of drug-likeness (QED) is 0.696. The summed E-state index contributed by atoms with van der Waals surface area (Å²) < 4.78 is 2.30. The molecule has 2 N–H and O–H groups in total. The first-order valence-electron chi connectivity index (χ1n) is 4.28. The number of hydrogen-bond donors (Lipinski definition) is 1. The van der Waals surface area contributed by atoms with E-state index >= 15 is 0 Å². The monoisotopic (exact) mass is 302 g/mol. The van der Waals surface area contributed by atoms with Crippen molar-refractivity contribution in [3.63, 3.8) is 0 Å². The van der Waals surface area contributed by atoms with E-state index in [1.807, 2.05) is 0 Å². The topological polar surface area (TPSA) is 87.0 Å². The van der Waals surface area contributed by atoms with Gasteiger partial charge in [0.2, 0.25) is 0 Å². The second-order valence-electron chi connectivity index (χ2n) is 3.03. The first-order valence-corrected chi connectivity index (χ1v) is 5.89. The SMILES string of the molecule is Nc1c(Br)cnn1Cc1ccc([N+](=O)[O-])s1. The Kier molecular flexibility index (Phi) is 2.92. The van der Waals surface area contributed by atoms with Crippen molar-refractivity contribution in [2.24, 2.45) is 0 Å². The number of nitrogens with zero attached hydrogens (tertiary/aromatic N) is 3. The highest BCUT2D eigenvalue weighted by Crippen LogP contribution is 2.26. The van der Waals surface area contributed by atoms with E-state index in [1.54, 1.807) is 16.9 Å². The van der Waals surface area contributed by atoms with E-state index in [1.165, 1.54) is 6.07 Å². The van der Waals surface area contributed by atoms with Gasteiger partial charge >= 0.3 is 5.00 Å². The molecular weight excluding hydrogens is 296 g/mol. The number of thiophene rings is 1. The molecule has 0 aliphatic heterocycles. The lowest BCUT2D eigenvalue weighted by Gasteiger charge is -2.00. The molecule has 0 saturated heterocycles. The summed E-state index contributed by atoms with van der Waals surface area (Å²) in [5, 5.41) is 14.7. The van der Waals surface area contributed by atoms with Crippen molar-refractivity contribution in [3.05, 3.63) is 37.8 Å². The Hall–Kier alpha value is -1.41. The minimum absolute atomic E-state index is 0.125. The molecule has 2 heterocycles. The van der Waals surface area contributed by atoms with Crippen molar-refractivity contribution in [1.82, 2.24) is 9.78 Å². The molecule has 8 heteroatoms. The molecule has 0 radical (unpaired) electrons. The Morgan fingerprint density at radius 1 is 1.62 bits per heavy atom. The lowest BCUT2D eigenvalue weighted by atomic mass is 10.4. The molecule has 0 atom stereocenters. The zero-order chi connectivity index (χ0) is 11.7. The Morgan fingerprint density at radius 3 is 2.88 bits per heavy atom.